The van der Waals surface area contributed by atoms with E-state index >= 15 is 0 Å². The fourth-order valence-corrected chi connectivity index (χ4v) is 5.25. The molecule has 2 amide bonds. The van der Waals surface area contributed by atoms with Gasteiger partial charge in [0.15, 0.2) is 5.17 Å². The van der Waals surface area contributed by atoms with Crippen molar-refractivity contribution in [3.63, 3.8) is 0 Å². The highest BCUT2D eigenvalue weighted by Crippen LogP contribution is 2.35. The van der Waals surface area contributed by atoms with Crippen LogP contribution >= 0.6 is 11.8 Å². The van der Waals surface area contributed by atoms with Crippen molar-refractivity contribution in [3.05, 3.63) is 59.4 Å². The standard InChI is InChI=1S/C26H33FN4O2S/c1-17-10-9-13-20(18(17)2)29-25-31(16-26(3,4)15-30(5)6)24(33)22(34-25)14-23(32)28-21-12-8-7-11-19(21)27/h7-13,22H,14-16H2,1-6H3,(H,28,32)/t22-/m1/s1. The molecular formula is C26H33FN4O2S. The van der Waals surface area contributed by atoms with Crippen LogP contribution in [0.3, 0.4) is 0 Å². The van der Waals surface area contributed by atoms with E-state index < -0.39 is 17.0 Å². The molecule has 1 fully saturated rings. The Morgan fingerprint density at radius 1 is 1.18 bits per heavy atom. The van der Waals surface area contributed by atoms with Gasteiger partial charge in [0.05, 0.1) is 11.4 Å². The molecule has 0 radical (unpaired) electrons. The Labute approximate surface area is 205 Å². The van der Waals surface area contributed by atoms with E-state index in [1.54, 1.807) is 17.0 Å². The van der Waals surface area contributed by atoms with Crippen molar-refractivity contribution in [2.24, 2.45) is 10.4 Å². The Balaban J connectivity index is 1.86. The van der Waals surface area contributed by atoms with E-state index in [2.05, 4.69) is 24.1 Å². The number of hydrogen-bond acceptors (Lipinski definition) is 5. The number of aryl methyl sites for hydroxylation is 1. The first kappa shape index (κ1) is 25.9. The van der Waals surface area contributed by atoms with Gasteiger partial charge in [0, 0.05) is 19.5 Å². The summed E-state index contributed by atoms with van der Waals surface area (Å²) in [5, 5.41) is 2.56. The lowest BCUT2D eigenvalue weighted by Crippen LogP contribution is -2.43. The molecule has 0 aromatic heterocycles. The number of para-hydroxylation sites is 1. The van der Waals surface area contributed by atoms with Gasteiger partial charge in [-0.25, -0.2) is 9.38 Å². The molecule has 1 N–H and O–H groups in total. The summed E-state index contributed by atoms with van der Waals surface area (Å²) in [5.74, 6) is -1.06. The second kappa shape index (κ2) is 10.7. The summed E-state index contributed by atoms with van der Waals surface area (Å²) in [6.45, 7) is 9.52. The van der Waals surface area contributed by atoms with Crippen LogP contribution in [-0.4, -0.2) is 59.2 Å². The Kier molecular flexibility index (Phi) is 8.15. The normalized spacial score (nSPS) is 17.6. The summed E-state index contributed by atoms with van der Waals surface area (Å²) in [5.41, 5.74) is 2.90. The fraction of sp³-hybridized carbons (Fsp3) is 0.423. The number of thioether (sulfide) groups is 1. The number of carbonyl (C=O) groups excluding carboxylic acids is 2. The number of carbonyl (C=O) groups is 2. The predicted octanol–water partition coefficient (Wildman–Crippen LogP) is 4.99. The number of amides is 2. The highest BCUT2D eigenvalue weighted by molar-refractivity contribution is 8.15. The summed E-state index contributed by atoms with van der Waals surface area (Å²) in [6.07, 6.45) is -0.0612. The van der Waals surface area contributed by atoms with E-state index in [4.69, 9.17) is 4.99 Å². The van der Waals surface area contributed by atoms with E-state index in [0.717, 1.165) is 23.4 Å². The van der Waals surface area contributed by atoms with Crippen LogP contribution < -0.4 is 5.32 Å². The first-order valence-electron chi connectivity index (χ1n) is 11.3. The van der Waals surface area contributed by atoms with Gasteiger partial charge < -0.3 is 10.2 Å². The molecule has 0 unspecified atom stereocenters. The van der Waals surface area contributed by atoms with Crippen molar-refractivity contribution in [3.8, 4) is 0 Å². The lowest BCUT2D eigenvalue weighted by molar-refractivity contribution is -0.129. The molecule has 34 heavy (non-hydrogen) atoms. The fourth-order valence-electron chi connectivity index (χ4n) is 4.10. The first-order valence-corrected chi connectivity index (χ1v) is 12.2. The zero-order valence-electron chi connectivity index (χ0n) is 20.7. The Morgan fingerprint density at radius 3 is 2.56 bits per heavy atom. The van der Waals surface area contributed by atoms with Gasteiger partial charge in [-0.3, -0.25) is 14.5 Å². The van der Waals surface area contributed by atoms with E-state index in [-0.39, 0.29) is 23.4 Å². The van der Waals surface area contributed by atoms with Crippen LogP contribution in [0.2, 0.25) is 0 Å². The third-order valence-electron chi connectivity index (χ3n) is 5.66. The average molecular weight is 485 g/mol. The van der Waals surface area contributed by atoms with Crippen LogP contribution in [0.25, 0.3) is 0 Å². The summed E-state index contributed by atoms with van der Waals surface area (Å²) < 4.78 is 13.9. The maximum absolute atomic E-state index is 13.9. The van der Waals surface area contributed by atoms with Gasteiger partial charge in [0.25, 0.3) is 0 Å². The quantitative estimate of drug-likeness (QED) is 0.573. The summed E-state index contributed by atoms with van der Waals surface area (Å²) in [6, 6.07) is 11.9. The summed E-state index contributed by atoms with van der Waals surface area (Å²) in [7, 11) is 4.01. The van der Waals surface area contributed by atoms with Gasteiger partial charge in [0.2, 0.25) is 11.8 Å². The van der Waals surface area contributed by atoms with Crippen LogP contribution in [0.5, 0.6) is 0 Å². The number of amidine groups is 1. The number of rotatable bonds is 8. The Morgan fingerprint density at radius 2 is 1.88 bits per heavy atom. The van der Waals surface area contributed by atoms with Crippen molar-refractivity contribution in [1.29, 1.82) is 0 Å². The number of halogens is 1. The summed E-state index contributed by atoms with van der Waals surface area (Å²) >= 11 is 1.30. The lowest BCUT2D eigenvalue weighted by Gasteiger charge is -2.32. The van der Waals surface area contributed by atoms with E-state index in [1.165, 1.54) is 23.9 Å². The largest absolute Gasteiger partial charge is 0.324 e. The van der Waals surface area contributed by atoms with Gasteiger partial charge >= 0.3 is 0 Å². The smallest absolute Gasteiger partial charge is 0.242 e. The predicted molar refractivity (Wildman–Crippen MR) is 138 cm³/mol. The van der Waals surface area contributed by atoms with Gasteiger partial charge in [-0.05, 0) is 62.7 Å². The van der Waals surface area contributed by atoms with Crippen molar-refractivity contribution < 1.29 is 14.0 Å². The van der Waals surface area contributed by atoms with Gasteiger partial charge in [0.1, 0.15) is 11.1 Å². The Hall–Kier alpha value is -2.71. The number of hydrogen-bond donors (Lipinski definition) is 1. The number of nitrogens with zero attached hydrogens (tertiary/aromatic N) is 3. The molecule has 3 rings (SSSR count). The van der Waals surface area contributed by atoms with Crippen LogP contribution in [-0.2, 0) is 9.59 Å². The third kappa shape index (κ3) is 6.45. The highest BCUT2D eigenvalue weighted by atomic mass is 32.2. The molecule has 0 spiro atoms. The molecule has 1 atom stereocenters. The Bertz CT molecular complexity index is 1100. The van der Waals surface area contributed by atoms with E-state index in [9.17, 15) is 14.0 Å². The molecule has 2 aromatic carbocycles. The van der Waals surface area contributed by atoms with Crippen LogP contribution in [0.4, 0.5) is 15.8 Å². The van der Waals surface area contributed by atoms with E-state index in [0.29, 0.717) is 11.7 Å². The molecule has 0 bridgehead atoms. The minimum atomic E-state index is -0.620. The average Bonchev–Trinajstić information content (AvgIpc) is 3.00. The topological polar surface area (TPSA) is 65.0 Å². The minimum Gasteiger partial charge on any atom is -0.324 e. The molecule has 182 valence electrons. The van der Waals surface area contributed by atoms with Crippen molar-refractivity contribution in [2.75, 3.05) is 32.5 Å². The number of benzene rings is 2. The molecule has 2 aromatic rings. The molecular weight excluding hydrogens is 451 g/mol. The third-order valence-corrected chi connectivity index (χ3v) is 6.84. The SMILES string of the molecule is Cc1cccc(N=C2S[C@H](CC(=O)Nc3ccccc3F)C(=O)N2CC(C)(C)CN(C)C)c1C. The molecule has 0 saturated carbocycles. The minimum absolute atomic E-state index is 0.0612. The van der Waals surface area contributed by atoms with Crippen molar-refractivity contribution in [2.45, 2.75) is 39.4 Å². The second-order valence-corrected chi connectivity index (χ2v) is 10.9. The van der Waals surface area contributed by atoms with Crippen LogP contribution in [0.15, 0.2) is 47.5 Å². The number of anilines is 1. The maximum atomic E-state index is 13.9. The van der Waals surface area contributed by atoms with E-state index in [1.807, 2.05) is 46.1 Å². The van der Waals surface area contributed by atoms with Gasteiger partial charge in [-0.15, -0.1) is 0 Å². The number of aliphatic imine (C=N–C) groups is 1. The van der Waals surface area contributed by atoms with Crippen LogP contribution in [0, 0.1) is 25.1 Å². The van der Waals surface area contributed by atoms with Crippen molar-refractivity contribution in [1.82, 2.24) is 9.80 Å². The molecule has 6 nitrogen and oxygen atoms in total. The molecule has 8 heteroatoms. The molecule has 0 aliphatic carbocycles. The molecule has 1 aliphatic rings. The summed E-state index contributed by atoms with van der Waals surface area (Å²) in [4.78, 5) is 34.7. The van der Waals surface area contributed by atoms with Gasteiger partial charge in [-0.1, -0.05) is 49.9 Å². The lowest BCUT2D eigenvalue weighted by atomic mass is 9.92. The highest BCUT2D eigenvalue weighted by Gasteiger charge is 2.41. The van der Waals surface area contributed by atoms with Gasteiger partial charge in [-0.2, -0.15) is 0 Å². The van der Waals surface area contributed by atoms with Crippen LogP contribution in [0.1, 0.15) is 31.4 Å². The monoisotopic (exact) mass is 484 g/mol. The molecule has 1 saturated heterocycles. The van der Waals surface area contributed by atoms with Crippen molar-refractivity contribution >= 4 is 40.1 Å². The first-order chi connectivity index (χ1) is 16.0. The second-order valence-electron chi connectivity index (χ2n) is 9.78. The molecule has 1 heterocycles. The zero-order valence-corrected chi connectivity index (χ0v) is 21.5. The maximum Gasteiger partial charge on any atom is 0.242 e. The number of nitrogens with one attached hydrogen (secondary N) is 1. The zero-order chi connectivity index (χ0) is 25.0. The molecule has 1 aliphatic heterocycles.